The van der Waals surface area contributed by atoms with Crippen LogP contribution in [-0.2, 0) is 11.3 Å². The number of ether oxygens (including phenoxy) is 1. The third kappa shape index (κ3) is 4.70. The van der Waals surface area contributed by atoms with Gasteiger partial charge in [0.2, 0.25) is 5.89 Å². The van der Waals surface area contributed by atoms with Gasteiger partial charge in [0, 0.05) is 18.5 Å². The molecular weight excluding hydrogens is 272 g/mol. The van der Waals surface area contributed by atoms with Crippen LogP contribution in [-0.4, -0.2) is 46.9 Å². The van der Waals surface area contributed by atoms with Crippen LogP contribution >= 0.6 is 0 Å². The number of hydrogen-bond donors (Lipinski definition) is 1. The summed E-state index contributed by atoms with van der Waals surface area (Å²) in [5.41, 5.74) is 0. The van der Waals surface area contributed by atoms with Crippen molar-refractivity contribution in [2.45, 2.75) is 52.1 Å². The molecule has 0 unspecified atom stereocenters. The molecule has 1 aromatic heterocycles. The Morgan fingerprint density at radius 2 is 2.38 bits per heavy atom. The molecule has 1 atom stereocenters. The Hall–Kier alpha value is -1.63. The molecule has 118 valence electrons. The Balaban J connectivity index is 1.84. The summed E-state index contributed by atoms with van der Waals surface area (Å²) in [6.07, 6.45) is 1.66. The minimum Gasteiger partial charge on any atom is -0.450 e. The highest BCUT2D eigenvalue weighted by atomic mass is 16.5. The normalized spacial score (nSPS) is 19.7. The Morgan fingerprint density at radius 3 is 3.05 bits per heavy atom. The zero-order chi connectivity index (χ0) is 15.2. The topological polar surface area (TPSA) is 80.5 Å². The first-order valence-corrected chi connectivity index (χ1v) is 7.56. The van der Waals surface area contributed by atoms with E-state index in [4.69, 9.17) is 9.26 Å². The molecule has 0 saturated carbocycles. The highest BCUT2D eigenvalue weighted by Gasteiger charge is 2.23. The highest BCUT2D eigenvalue weighted by Crippen LogP contribution is 2.15. The molecule has 1 amide bonds. The number of likely N-dealkylation sites (tertiary alicyclic amines) is 1. The maximum atomic E-state index is 11.5. The molecule has 1 aromatic rings. The average Bonchev–Trinajstić information content (AvgIpc) is 2.88. The summed E-state index contributed by atoms with van der Waals surface area (Å²) in [6, 6.07) is 0.116. The summed E-state index contributed by atoms with van der Waals surface area (Å²) in [5, 5.41) is 6.86. The quantitative estimate of drug-likeness (QED) is 0.894. The van der Waals surface area contributed by atoms with Gasteiger partial charge in [-0.2, -0.15) is 4.98 Å². The van der Waals surface area contributed by atoms with Crippen LogP contribution < -0.4 is 5.32 Å². The van der Waals surface area contributed by atoms with Crippen molar-refractivity contribution in [3.05, 3.63) is 11.7 Å². The molecule has 1 N–H and O–H groups in total. The molecule has 21 heavy (non-hydrogen) atoms. The molecule has 0 aromatic carbocycles. The van der Waals surface area contributed by atoms with E-state index < -0.39 is 0 Å². The highest BCUT2D eigenvalue weighted by molar-refractivity contribution is 5.67. The number of carbonyl (C=O) groups excluding carboxylic acids is 1. The standard InChI is InChI=1S/C14H24N4O3/c1-4-20-14(19)15-11-6-5-7-18(8-11)9-12-16-13(10(2)3)17-21-12/h10-11H,4-9H2,1-3H3,(H,15,19)/t11-/m1/s1. The number of rotatable bonds is 5. The molecule has 1 fully saturated rings. The van der Waals surface area contributed by atoms with Crippen molar-refractivity contribution in [3.63, 3.8) is 0 Å². The van der Waals surface area contributed by atoms with E-state index in [1.807, 2.05) is 13.8 Å². The summed E-state index contributed by atoms with van der Waals surface area (Å²) < 4.78 is 10.2. The fraction of sp³-hybridized carbons (Fsp3) is 0.786. The van der Waals surface area contributed by atoms with Gasteiger partial charge in [-0.3, -0.25) is 4.90 Å². The summed E-state index contributed by atoms with van der Waals surface area (Å²) >= 11 is 0. The summed E-state index contributed by atoms with van der Waals surface area (Å²) in [4.78, 5) is 18.1. The molecule has 0 radical (unpaired) electrons. The van der Waals surface area contributed by atoms with E-state index in [-0.39, 0.29) is 18.1 Å². The van der Waals surface area contributed by atoms with Gasteiger partial charge in [0.15, 0.2) is 5.82 Å². The lowest BCUT2D eigenvalue weighted by molar-refractivity contribution is 0.128. The number of carbonyl (C=O) groups is 1. The molecule has 2 heterocycles. The van der Waals surface area contributed by atoms with Gasteiger partial charge in [-0.1, -0.05) is 19.0 Å². The minimum atomic E-state index is -0.343. The van der Waals surface area contributed by atoms with Crippen LogP contribution in [0.3, 0.4) is 0 Å². The summed E-state index contributed by atoms with van der Waals surface area (Å²) in [6.45, 7) is 8.64. The van der Waals surface area contributed by atoms with Crippen molar-refractivity contribution in [2.75, 3.05) is 19.7 Å². The average molecular weight is 296 g/mol. The molecule has 0 aliphatic carbocycles. The molecule has 7 heteroatoms. The van der Waals surface area contributed by atoms with Gasteiger partial charge in [0.25, 0.3) is 0 Å². The summed E-state index contributed by atoms with van der Waals surface area (Å²) in [5.74, 6) is 1.64. The minimum absolute atomic E-state index is 0.116. The number of aromatic nitrogens is 2. The predicted molar refractivity (Wildman–Crippen MR) is 76.8 cm³/mol. The molecular formula is C14H24N4O3. The van der Waals surface area contributed by atoms with Crippen molar-refractivity contribution in [2.24, 2.45) is 0 Å². The van der Waals surface area contributed by atoms with E-state index in [2.05, 4.69) is 20.4 Å². The zero-order valence-corrected chi connectivity index (χ0v) is 13.0. The predicted octanol–water partition coefficient (Wildman–Crippen LogP) is 1.90. The molecule has 1 saturated heterocycles. The van der Waals surface area contributed by atoms with E-state index >= 15 is 0 Å². The number of amides is 1. The van der Waals surface area contributed by atoms with Crippen LogP contribution in [0.25, 0.3) is 0 Å². The van der Waals surface area contributed by atoms with Crippen LogP contribution in [0, 0.1) is 0 Å². The van der Waals surface area contributed by atoms with E-state index in [9.17, 15) is 4.79 Å². The van der Waals surface area contributed by atoms with E-state index in [1.165, 1.54) is 0 Å². The van der Waals surface area contributed by atoms with Crippen LogP contribution in [0.15, 0.2) is 4.52 Å². The number of nitrogens with zero attached hydrogens (tertiary/aromatic N) is 3. The first-order chi connectivity index (χ1) is 10.1. The first-order valence-electron chi connectivity index (χ1n) is 7.56. The SMILES string of the molecule is CCOC(=O)N[C@@H]1CCCN(Cc2nc(C(C)C)no2)C1. The van der Waals surface area contributed by atoms with Crippen LogP contribution in [0.2, 0.25) is 0 Å². The second-order valence-electron chi connectivity index (χ2n) is 5.64. The van der Waals surface area contributed by atoms with Crippen molar-refractivity contribution < 1.29 is 14.1 Å². The van der Waals surface area contributed by atoms with Crippen LogP contribution in [0.5, 0.6) is 0 Å². The lowest BCUT2D eigenvalue weighted by Crippen LogP contribution is -2.47. The lowest BCUT2D eigenvalue weighted by atomic mass is 10.1. The Kier molecular flexibility index (Phi) is 5.55. The molecule has 1 aliphatic rings. The lowest BCUT2D eigenvalue weighted by Gasteiger charge is -2.31. The van der Waals surface area contributed by atoms with Crippen molar-refractivity contribution in [3.8, 4) is 0 Å². The fourth-order valence-corrected chi connectivity index (χ4v) is 2.41. The molecule has 0 spiro atoms. The van der Waals surface area contributed by atoms with Gasteiger partial charge in [0.1, 0.15) is 0 Å². The largest absolute Gasteiger partial charge is 0.450 e. The van der Waals surface area contributed by atoms with Crippen LogP contribution in [0.1, 0.15) is 51.2 Å². The molecule has 0 bridgehead atoms. The molecule has 7 nitrogen and oxygen atoms in total. The monoisotopic (exact) mass is 296 g/mol. The number of nitrogens with one attached hydrogen (secondary N) is 1. The smallest absolute Gasteiger partial charge is 0.407 e. The Bertz CT molecular complexity index is 461. The van der Waals surface area contributed by atoms with Gasteiger partial charge in [-0.05, 0) is 26.3 Å². The van der Waals surface area contributed by atoms with Gasteiger partial charge < -0.3 is 14.6 Å². The van der Waals surface area contributed by atoms with Crippen molar-refractivity contribution >= 4 is 6.09 Å². The number of hydrogen-bond acceptors (Lipinski definition) is 6. The molecule has 2 rings (SSSR count). The molecule has 1 aliphatic heterocycles. The fourth-order valence-electron chi connectivity index (χ4n) is 2.41. The third-order valence-corrected chi connectivity index (χ3v) is 3.46. The summed E-state index contributed by atoms with van der Waals surface area (Å²) in [7, 11) is 0. The Labute approximate surface area is 125 Å². The van der Waals surface area contributed by atoms with Gasteiger partial charge in [-0.25, -0.2) is 4.79 Å². The van der Waals surface area contributed by atoms with E-state index in [0.29, 0.717) is 19.0 Å². The third-order valence-electron chi connectivity index (χ3n) is 3.46. The second-order valence-corrected chi connectivity index (χ2v) is 5.64. The second kappa shape index (κ2) is 7.40. The number of alkyl carbamates (subject to hydrolysis) is 1. The number of piperidine rings is 1. The first kappa shape index (κ1) is 15.8. The Morgan fingerprint density at radius 1 is 1.57 bits per heavy atom. The van der Waals surface area contributed by atoms with Gasteiger partial charge >= 0.3 is 6.09 Å². The van der Waals surface area contributed by atoms with Crippen molar-refractivity contribution in [1.29, 1.82) is 0 Å². The van der Waals surface area contributed by atoms with Gasteiger partial charge in [0.05, 0.1) is 13.2 Å². The zero-order valence-electron chi connectivity index (χ0n) is 13.0. The van der Waals surface area contributed by atoms with Gasteiger partial charge in [-0.15, -0.1) is 0 Å². The maximum Gasteiger partial charge on any atom is 0.407 e. The van der Waals surface area contributed by atoms with E-state index in [1.54, 1.807) is 6.92 Å². The van der Waals surface area contributed by atoms with E-state index in [0.717, 1.165) is 31.8 Å². The van der Waals surface area contributed by atoms with Crippen LogP contribution in [0.4, 0.5) is 4.79 Å². The maximum absolute atomic E-state index is 11.5. The van der Waals surface area contributed by atoms with Crippen molar-refractivity contribution in [1.82, 2.24) is 20.4 Å².